The zero-order valence-electron chi connectivity index (χ0n) is 15.1. The molecule has 0 bridgehead atoms. The Hall–Kier alpha value is -2.97. The van der Waals surface area contributed by atoms with E-state index in [1.807, 2.05) is 25.1 Å². The number of ether oxygens (including phenoxy) is 1. The zero-order valence-corrected chi connectivity index (χ0v) is 15.1. The van der Waals surface area contributed by atoms with E-state index in [0.717, 1.165) is 12.0 Å². The second kappa shape index (κ2) is 7.11. The van der Waals surface area contributed by atoms with Gasteiger partial charge >= 0.3 is 0 Å². The first kappa shape index (κ1) is 17.8. The second-order valence-corrected chi connectivity index (χ2v) is 6.47. The SMILES string of the molecule is CCCC(C)(O)C#Cc1cccc2c1C(=Cc1[nH]ccc1OC)C(=O)N2. The molecule has 1 atom stereocenters. The van der Waals surface area contributed by atoms with Crippen molar-refractivity contribution in [3.63, 3.8) is 0 Å². The third-order valence-corrected chi connectivity index (χ3v) is 4.28. The topological polar surface area (TPSA) is 74.3 Å². The van der Waals surface area contributed by atoms with Crippen LogP contribution in [0.2, 0.25) is 0 Å². The number of amides is 1. The molecule has 0 radical (unpaired) electrons. The molecule has 0 aliphatic carbocycles. The van der Waals surface area contributed by atoms with Gasteiger partial charge in [-0.25, -0.2) is 0 Å². The molecule has 1 unspecified atom stereocenters. The molecular weight excluding hydrogens is 328 g/mol. The maximum atomic E-state index is 12.5. The summed E-state index contributed by atoms with van der Waals surface area (Å²) in [6.45, 7) is 3.71. The number of aliphatic hydroxyl groups is 1. The van der Waals surface area contributed by atoms with E-state index in [-0.39, 0.29) is 5.91 Å². The number of benzene rings is 1. The van der Waals surface area contributed by atoms with Gasteiger partial charge in [0.25, 0.3) is 5.91 Å². The molecular formula is C21H22N2O3. The van der Waals surface area contributed by atoms with Crippen molar-refractivity contribution in [2.24, 2.45) is 0 Å². The highest BCUT2D eigenvalue weighted by atomic mass is 16.5. The lowest BCUT2D eigenvalue weighted by Crippen LogP contribution is -2.20. The number of aromatic amines is 1. The zero-order chi connectivity index (χ0) is 18.7. The Bertz CT molecular complexity index is 926. The summed E-state index contributed by atoms with van der Waals surface area (Å²) in [5.74, 6) is 6.46. The fourth-order valence-corrected chi connectivity index (χ4v) is 3.05. The molecule has 1 aromatic carbocycles. The Labute approximate surface area is 153 Å². The molecule has 0 fully saturated rings. The molecule has 2 aromatic rings. The molecule has 0 saturated carbocycles. The molecule has 1 amide bonds. The van der Waals surface area contributed by atoms with Gasteiger partial charge in [-0.15, -0.1) is 0 Å². The van der Waals surface area contributed by atoms with Crippen LogP contribution in [-0.4, -0.2) is 28.7 Å². The molecule has 134 valence electrons. The summed E-state index contributed by atoms with van der Waals surface area (Å²) < 4.78 is 5.30. The van der Waals surface area contributed by atoms with Crippen LogP contribution in [0.5, 0.6) is 5.75 Å². The molecule has 5 heteroatoms. The fourth-order valence-electron chi connectivity index (χ4n) is 3.05. The van der Waals surface area contributed by atoms with E-state index in [1.165, 1.54) is 0 Å². The summed E-state index contributed by atoms with van der Waals surface area (Å²) in [5, 5.41) is 13.2. The minimum atomic E-state index is -1.06. The molecule has 3 rings (SSSR count). The predicted octanol–water partition coefficient (Wildman–Crippen LogP) is 3.42. The average molecular weight is 350 g/mol. The lowest BCUT2D eigenvalue weighted by molar-refractivity contribution is -0.110. The largest absolute Gasteiger partial charge is 0.495 e. The monoisotopic (exact) mass is 350 g/mol. The van der Waals surface area contributed by atoms with Crippen LogP contribution in [0.4, 0.5) is 5.69 Å². The van der Waals surface area contributed by atoms with Gasteiger partial charge in [0.1, 0.15) is 11.4 Å². The van der Waals surface area contributed by atoms with Crippen LogP contribution in [0, 0.1) is 11.8 Å². The smallest absolute Gasteiger partial charge is 0.256 e. The number of fused-ring (bicyclic) bond motifs is 1. The van der Waals surface area contributed by atoms with Crippen molar-refractivity contribution < 1.29 is 14.6 Å². The number of anilines is 1. The molecule has 1 aliphatic rings. The van der Waals surface area contributed by atoms with E-state index >= 15 is 0 Å². The van der Waals surface area contributed by atoms with Gasteiger partial charge in [-0.3, -0.25) is 4.79 Å². The van der Waals surface area contributed by atoms with Crippen molar-refractivity contribution in [3.05, 3.63) is 47.3 Å². The molecule has 0 spiro atoms. The standard InChI is InChI=1S/C21H22N2O3/c1-4-10-21(2,25)11-8-14-6-5-7-16-19(14)15(20(24)23-16)13-17-18(26-3)9-12-22-17/h5-7,9,12-13,22,25H,4,10H2,1-3H3,(H,23,24). The Morgan fingerprint density at radius 3 is 2.88 bits per heavy atom. The van der Waals surface area contributed by atoms with Crippen LogP contribution >= 0.6 is 0 Å². The van der Waals surface area contributed by atoms with Crippen LogP contribution in [-0.2, 0) is 4.79 Å². The van der Waals surface area contributed by atoms with E-state index in [0.29, 0.717) is 34.7 Å². The van der Waals surface area contributed by atoms with Crippen LogP contribution < -0.4 is 10.1 Å². The molecule has 1 aliphatic heterocycles. The first-order valence-electron chi connectivity index (χ1n) is 8.58. The third kappa shape index (κ3) is 3.51. The van der Waals surface area contributed by atoms with Gasteiger partial charge < -0.3 is 20.1 Å². The number of nitrogens with one attached hydrogen (secondary N) is 2. The normalized spacial score (nSPS) is 16.5. The summed E-state index contributed by atoms with van der Waals surface area (Å²) >= 11 is 0. The van der Waals surface area contributed by atoms with Crippen LogP contribution in [0.3, 0.4) is 0 Å². The van der Waals surface area contributed by atoms with Crippen molar-refractivity contribution in [3.8, 4) is 17.6 Å². The van der Waals surface area contributed by atoms with Crippen LogP contribution in [0.25, 0.3) is 11.6 Å². The van der Waals surface area contributed by atoms with Gasteiger partial charge in [-0.05, 0) is 37.6 Å². The van der Waals surface area contributed by atoms with Gasteiger partial charge in [0, 0.05) is 17.3 Å². The highest BCUT2D eigenvalue weighted by Crippen LogP contribution is 2.36. The van der Waals surface area contributed by atoms with Crippen LogP contribution in [0.15, 0.2) is 30.5 Å². The molecule has 26 heavy (non-hydrogen) atoms. The number of hydrogen-bond donors (Lipinski definition) is 3. The molecule has 1 aromatic heterocycles. The summed E-state index contributed by atoms with van der Waals surface area (Å²) in [5.41, 5.74) is 2.34. The lowest BCUT2D eigenvalue weighted by Gasteiger charge is -2.14. The Morgan fingerprint density at radius 2 is 2.15 bits per heavy atom. The Balaban J connectivity index is 2.08. The number of aromatic nitrogens is 1. The van der Waals surface area contributed by atoms with Crippen molar-refractivity contribution in [1.82, 2.24) is 4.98 Å². The van der Waals surface area contributed by atoms with Crippen molar-refractivity contribution in [1.29, 1.82) is 0 Å². The lowest BCUT2D eigenvalue weighted by atomic mass is 9.97. The van der Waals surface area contributed by atoms with Gasteiger partial charge in [0.15, 0.2) is 0 Å². The quantitative estimate of drug-likeness (QED) is 0.584. The Morgan fingerprint density at radius 1 is 1.35 bits per heavy atom. The molecule has 2 heterocycles. The minimum absolute atomic E-state index is 0.189. The summed E-state index contributed by atoms with van der Waals surface area (Å²) in [6, 6.07) is 7.34. The van der Waals surface area contributed by atoms with E-state index in [2.05, 4.69) is 22.1 Å². The summed E-state index contributed by atoms with van der Waals surface area (Å²) in [7, 11) is 1.58. The molecule has 0 saturated heterocycles. The van der Waals surface area contributed by atoms with Crippen molar-refractivity contribution in [2.75, 3.05) is 12.4 Å². The average Bonchev–Trinajstić information content (AvgIpc) is 3.18. The maximum absolute atomic E-state index is 12.5. The first-order valence-corrected chi connectivity index (χ1v) is 8.58. The third-order valence-electron chi connectivity index (χ3n) is 4.28. The van der Waals surface area contributed by atoms with Gasteiger partial charge in [-0.2, -0.15) is 0 Å². The van der Waals surface area contributed by atoms with Gasteiger partial charge in [-0.1, -0.05) is 31.3 Å². The van der Waals surface area contributed by atoms with E-state index in [9.17, 15) is 9.90 Å². The highest BCUT2D eigenvalue weighted by Gasteiger charge is 2.27. The number of carbonyl (C=O) groups is 1. The van der Waals surface area contributed by atoms with Crippen LogP contribution in [0.1, 0.15) is 43.5 Å². The molecule has 5 nitrogen and oxygen atoms in total. The van der Waals surface area contributed by atoms with E-state index in [1.54, 1.807) is 32.4 Å². The maximum Gasteiger partial charge on any atom is 0.256 e. The highest BCUT2D eigenvalue weighted by molar-refractivity contribution is 6.35. The number of hydrogen-bond acceptors (Lipinski definition) is 3. The Kier molecular flexibility index (Phi) is 4.88. The van der Waals surface area contributed by atoms with Gasteiger partial charge in [0.2, 0.25) is 0 Å². The number of H-pyrrole nitrogens is 1. The van der Waals surface area contributed by atoms with Crippen molar-refractivity contribution in [2.45, 2.75) is 32.3 Å². The van der Waals surface area contributed by atoms with E-state index in [4.69, 9.17) is 4.74 Å². The predicted molar refractivity (Wildman–Crippen MR) is 103 cm³/mol. The van der Waals surface area contributed by atoms with Crippen molar-refractivity contribution >= 4 is 23.2 Å². The second-order valence-electron chi connectivity index (χ2n) is 6.47. The fraction of sp³-hybridized carbons (Fsp3) is 0.286. The summed E-state index contributed by atoms with van der Waals surface area (Å²) in [4.78, 5) is 15.6. The number of carbonyl (C=O) groups excluding carboxylic acids is 1. The number of methoxy groups -OCH3 is 1. The number of rotatable bonds is 4. The summed E-state index contributed by atoms with van der Waals surface area (Å²) in [6.07, 6.45) is 4.95. The molecule has 3 N–H and O–H groups in total. The van der Waals surface area contributed by atoms with Gasteiger partial charge in [0.05, 0.1) is 24.1 Å². The minimum Gasteiger partial charge on any atom is -0.495 e. The van der Waals surface area contributed by atoms with E-state index < -0.39 is 5.60 Å². The first-order chi connectivity index (χ1) is 12.4.